The van der Waals surface area contributed by atoms with Crippen molar-refractivity contribution < 1.29 is 9.59 Å². The lowest BCUT2D eigenvalue weighted by Gasteiger charge is -2.09. The number of aromatic nitrogens is 3. The predicted octanol–water partition coefficient (Wildman–Crippen LogP) is 6.26. The Balaban J connectivity index is 1.20. The van der Waals surface area contributed by atoms with Crippen LogP contribution in [0.5, 0.6) is 0 Å². The monoisotopic (exact) mass is 517 g/mol. The van der Waals surface area contributed by atoms with E-state index in [-0.39, 0.29) is 11.9 Å². The van der Waals surface area contributed by atoms with Crippen LogP contribution in [-0.4, -0.2) is 26.9 Å². The fraction of sp³-hybridized carbons (Fsp3) is 0.0667. The van der Waals surface area contributed by atoms with Gasteiger partial charge in [0.05, 0.1) is 5.39 Å². The molecule has 3 aromatic carbocycles. The Morgan fingerprint density at radius 1 is 0.769 bits per heavy atom. The van der Waals surface area contributed by atoms with Gasteiger partial charge < -0.3 is 26.3 Å². The van der Waals surface area contributed by atoms with E-state index in [0.717, 1.165) is 52.2 Å². The number of rotatable bonds is 9. The van der Waals surface area contributed by atoms with Crippen LogP contribution < -0.4 is 21.3 Å². The summed E-state index contributed by atoms with van der Waals surface area (Å²) in [4.78, 5) is 35.9. The van der Waals surface area contributed by atoms with Crippen molar-refractivity contribution >= 4 is 51.5 Å². The van der Waals surface area contributed by atoms with Crippen LogP contribution in [0.25, 0.3) is 11.0 Å². The van der Waals surface area contributed by atoms with E-state index in [4.69, 9.17) is 0 Å². The van der Waals surface area contributed by atoms with E-state index >= 15 is 0 Å². The maximum absolute atomic E-state index is 12.2. The zero-order valence-electron chi connectivity index (χ0n) is 21.1. The summed E-state index contributed by atoms with van der Waals surface area (Å²) < 4.78 is 0. The molecule has 0 bridgehead atoms. The lowest BCUT2D eigenvalue weighted by molar-refractivity contribution is -0.111. The number of hydrogen-bond donors (Lipinski definition) is 5. The molecule has 0 atom stereocenters. The van der Waals surface area contributed by atoms with Crippen molar-refractivity contribution in [3.63, 3.8) is 0 Å². The molecule has 0 saturated heterocycles. The number of nitrogens with zero attached hydrogens (tertiary/aromatic N) is 2. The van der Waals surface area contributed by atoms with E-state index in [1.807, 2.05) is 78.9 Å². The molecule has 5 N–H and O–H groups in total. The first-order chi connectivity index (χ1) is 19.1. The Bertz CT molecular complexity index is 1590. The maximum Gasteiger partial charge on any atom is 0.323 e. The van der Waals surface area contributed by atoms with Gasteiger partial charge in [-0.1, -0.05) is 36.9 Å². The van der Waals surface area contributed by atoms with Crippen molar-refractivity contribution in [3.05, 3.63) is 115 Å². The Labute approximate surface area is 225 Å². The summed E-state index contributed by atoms with van der Waals surface area (Å²) in [7, 11) is 0. The molecule has 0 radical (unpaired) electrons. The Morgan fingerprint density at radius 2 is 1.41 bits per heavy atom. The second kappa shape index (κ2) is 11.7. The Kier molecular flexibility index (Phi) is 7.59. The largest absolute Gasteiger partial charge is 0.343 e. The van der Waals surface area contributed by atoms with Gasteiger partial charge in [0, 0.05) is 28.4 Å². The van der Waals surface area contributed by atoms with Gasteiger partial charge >= 0.3 is 6.03 Å². The first-order valence-corrected chi connectivity index (χ1v) is 12.4. The Morgan fingerprint density at radius 3 is 2.13 bits per heavy atom. The molecule has 9 nitrogen and oxygen atoms in total. The number of nitrogens with one attached hydrogen (secondary N) is 5. The van der Waals surface area contributed by atoms with E-state index in [2.05, 4.69) is 48.9 Å². The molecule has 2 heterocycles. The topological polar surface area (TPSA) is 124 Å². The van der Waals surface area contributed by atoms with Gasteiger partial charge in [-0.25, -0.2) is 14.8 Å². The number of carbonyl (C=O) groups is 2. The van der Waals surface area contributed by atoms with Crippen molar-refractivity contribution in [2.45, 2.75) is 12.8 Å². The highest BCUT2D eigenvalue weighted by Gasteiger charge is 2.10. The van der Waals surface area contributed by atoms with Gasteiger partial charge in [-0.3, -0.25) is 4.79 Å². The standard InChI is InChI=1S/C30H27N7O2/c1-2-27(38)33-22-11-8-20(9-12-22)10-13-25-18-26-28(31-19-32-29(26)35-25)34-23-14-16-24(17-15-23)37-30(39)36-21-6-4-3-5-7-21/h2-9,11-12,14-19H,1,10,13H2,(H,33,38)(H2,36,37,39)(H2,31,32,34,35). The predicted molar refractivity (Wildman–Crippen MR) is 155 cm³/mol. The molecule has 39 heavy (non-hydrogen) atoms. The molecular weight excluding hydrogens is 490 g/mol. The first kappa shape index (κ1) is 25.2. The SMILES string of the molecule is C=CC(=O)Nc1ccc(CCc2cc3c(Nc4ccc(NC(=O)Nc5ccccc5)cc4)ncnc3[nH]2)cc1. The summed E-state index contributed by atoms with van der Waals surface area (Å²) in [5, 5.41) is 12.6. The van der Waals surface area contributed by atoms with Crippen LogP contribution in [0.2, 0.25) is 0 Å². The molecule has 2 aromatic heterocycles. The number of urea groups is 1. The van der Waals surface area contributed by atoms with Gasteiger partial charge in [0.15, 0.2) is 0 Å². The second-order valence-electron chi connectivity index (χ2n) is 8.82. The fourth-order valence-corrected chi connectivity index (χ4v) is 4.04. The zero-order valence-corrected chi connectivity index (χ0v) is 21.1. The number of carbonyl (C=O) groups excluding carboxylic acids is 2. The van der Waals surface area contributed by atoms with E-state index in [1.54, 1.807) is 0 Å². The molecule has 0 aliphatic carbocycles. The molecule has 5 rings (SSSR count). The van der Waals surface area contributed by atoms with Crippen molar-refractivity contribution in [1.82, 2.24) is 15.0 Å². The van der Waals surface area contributed by atoms with Gasteiger partial charge in [0.25, 0.3) is 0 Å². The molecule has 0 unspecified atom stereocenters. The number of para-hydroxylation sites is 1. The van der Waals surface area contributed by atoms with Crippen LogP contribution in [0, 0.1) is 0 Å². The summed E-state index contributed by atoms with van der Waals surface area (Å²) in [6, 6.07) is 26.2. The number of hydrogen-bond acceptors (Lipinski definition) is 5. The number of aromatic amines is 1. The van der Waals surface area contributed by atoms with Crippen LogP contribution in [0.15, 0.2) is 104 Å². The van der Waals surface area contributed by atoms with E-state index in [0.29, 0.717) is 11.5 Å². The average molecular weight is 518 g/mol. The summed E-state index contributed by atoms with van der Waals surface area (Å²) in [6.07, 6.45) is 4.38. The van der Waals surface area contributed by atoms with Gasteiger partial charge in [0.1, 0.15) is 17.8 Å². The molecule has 0 aliphatic rings. The van der Waals surface area contributed by atoms with E-state index in [1.165, 1.54) is 12.4 Å². The van der Waals surface area contributed by atoms with Crippen LogP contribution >= 0.6 is 0 Å². The number of fused-ring (bicyclic) bond motifs is 1. The number of aryl methyl sites for hydroxylation is 2. The highest BCUT2D eigenvalue weighted by atomic mass is 16.2. The number of H-pyrrole nitrogens is 1. The molecule has 194 valence electrons. The normalized spacial score (nSPS) is 10.6. The third kappa shape index (κ3) is 6.66. The maximum atomic E-state index is 12.2. The molecule has 5 aromatic rings. The third-order valence-corrected chi connectivity index (χ3v) is 6.01. The lowest BCUT2D eigenvalue weighted by Crippen LogP contribution is -2.19. The molecule has 3 amide bonds. The molecule has 0 fully saturated rings. The van der Waals surface area contributed by atoms with Gasteiger partial charge in [-0.2, -0.15) is 0 Å². The molecule has 0 saturated carbocycles. The lowest BCUT2D eigenvalue weighted by atomic mass is 10.1. The minimum atomic E-state index is -0.310. The second-order valence-corrected chi connectivity index (χ2v) is 8.82. The van der Waals surface area contributed by atoms with Crippen molar-refractivity contribution in [2.24, 2.45) is 0 Å². The minimum absolute atomic E-state index is 0.231. The summed E-state index contributed by atoms with van der Waals surface area (Å²) in [5.41, 5.74) is 5.90. The molecule has 0 spiro atoms. The van der Waals surface area contributed by atoms with Crippen molar-refractivity contribution in [2.75, 3.05) is 21.3 Å². The number of anilines is 5. The van der Waals surface area contributed by atoms with Crippen LogP contribution in [0.3, 0.4) is 0 Å². The van der Waals surface area contributed by atoms with Crippen molar-refractivity contribution in [3.8, 4) is 0 Å². The highest BCUT2D eigenvalue weighted by Crippen LogP contribution is 2.25. The zero-order chi connectivity index (χ0) is 27.0. The Hall–Kier alpha value is -5.44. The molecule has 9 heteroatoms. The van der Waals surface area contributed by atoms with E-state index in [9.17, 15) is 9.59 Å². The smallest absolute Gasteiger partial charge is 0.323 e. The van der Waals surface area contributed by atoms with E-state index < -0.39 is 0 Å². The quantitative estimate of drug-likeness (QED) is 0.148. The third-order valence-electron chi connectivity index (χ3n) is 6.01. The summed E-state index contributed by atoms with van der Waals surface area (Å²) >= 11 is 0. The van der Waals surface area contributed by atoms with Crippen LogP contribution in [0.1, 0.15) is 11.3 Å². The summed E-state index contributed by atoms with van der Waals surface area (Å²) in [6.45, 7) is 3.46. The van der Waals surface area contributed by atoms with Gasteiger partial charge in [-0.15, -0.1) is 0 Å². The first-order valence-electron chi connectivity index (χ1n) is 12.4. The van der Waals surface area contributed by atoms with Crippen molar-refractivity contribution in [1.29, 1.82) is 0 Å². The number of benzene rings is 3. The fourth-order valence-electron chi connectivity index (χ4n) is 4.04. The van der Waals surface area contributed by atoms with Gasteiger partial charge in [-0.05, 0) is 79.1 Å². The molecule has 0 aliphatic heterocycles. The van der Waals surface area contributed by atoms with Crippen LogP contribution in [-0.2, 0) is 17.6 Å². The highest BCUT2D eigenvalue weighted by molar-refractivity contribution is 6.00. The average Bonchev–Trinajstić information content (AvgIpc) is 3.38. The minimum Gasteiger partial charge on any atom is -0.343 e. The summed E-state index contributed by atoms with van der Waals surface area (Å²) in [5.74, 6) is 0.456. The number of amides is 3. The van der Waals surface area contributed by atoms with Gasteiger partial charge in [0.2, 0.25) is 5.91 Å². The molecular formula is C30H27N7O2. The van der Waals surface area contributed by atoms with Crippen LogP contribution in [0.4, 0.5) is 33.4 Å².